The first-order valence-corrected chi connectivity index (χ1v) is 8.11. The van der Waals surface area contributed by atoms with Gasteiger partial charge in [0.2, 0.25) is 0 Å². The van der Waals surface area contributed by atoms with E-state index in [1.807, 2.05) is 17.5 Å². The Labute approximate surface area is 130 Å². The van der Waals surface area contributed by atoms with Crippen molar-refractivity contribution in [2.24, 2.45) is 0 Å². The second-order valence-electron chi connectivity index (χ2n) is 5.29. The molecule has 1 heterocycles. The summed E-state index contributed by atoms with van der Waals surface area (Å²) in [5.74, 6) is 0. The van der Waals surface area contributed by atoms with E-state index in [-0.39, 0.29) is 6.04 Å². The van der Waals surface area contributed by atoms with Crippen molar-refractivity contribution >= 4 is 11.3 Å². The molecular formula is C17H23NO2S. The third-order valence-electron chi connectivity index (χ3n) is 3.34. The maximum atomic E-state index is 9.94. The van der Waals surface area contributed by atoms with E-state index in [0.29, 0.717) is 19.8 Å². The highest BCUT2D eigenvalue weighted by Crippen LogP contribution is 2.13. The second kappa shape index (κ2) is 8.29. The molecule has 4 heteroatoms. The van der Waals surface area contributed by atoms with Crippen molar-refractivity contribution < 1.29 is 9.84 Å². The number of benzene rings is 1. The van der Waals surface area contributed by atoms with Crippen LogP contribution in [0.4, 0.5) is 0 Å². The fraction of sp³-hybridized carbons (Fsp3) is 0.412. The van der Waals surface area contributed by atoms with Gasteiger partial charge in [0, 0.05) is 17.5 Å². The van der Waals surface area contributed by atoms with Gasteiger partial charge in [0.15, 0.2) is 0 Å². The molecule has 0 spiro atoms. The summed E-state index contributed by atoms with van der Waals surface area (Å²) in [6.45, 7) is 5.64. The number of hydrogen-bond donors (Lipinski definition) is 2. The van der Waals surface area contributed by atoms with Crippen molar-refractivity contribution in [3.05, 3.63) is 57.8 Å². The lowest BCUT2D eigenvalue weighted by Crippen LogP contribution is -2.32. The Morgan fingerprint density at radius 1 is 1.29 bits per heavy atom. The van der Waals surface area contributed by atoms with Gasteiger partial charge in [0.05, 0.1) is 19.3 Å². The quantitative estimate of drug-likeness (QED) is 0.786. The molecule has 0 radical (unpaired) electrons. The molecule has 0 fully saturated rings. The minimum absolute atomic E-state index is 0.219. The molecule has 1 unspecified atom stereocenters. The third-order valence-corrected chi connectivity index (χ3v) is 4.19. The van der Waals surface area contributed by atoms with E-state index in [0.717, 1.165) is 0 Å². The molecule has 21 heavy (non-hydrogen) atoms. The zero-order chi connectivity index (χ0) is 15.1. The van der Waals surface area contributed by atoms with Gasteiger partial charge in [-0.3, -0.25) is 0 Å². The first-order chi connectivity index (χ1) is 10.1. The minimum Gasteiger partial charge on any atom is -0.389 e. The second-order valence-corrected chi connectivity index (χ2v) is 6.32. The number of ether oxygens (including phenoxy) is 1. The standard InChI is InChI=1S/C17H23NO2S/c1-13-5-3-6-15(9-13)14(2)18-10-16(19)11-20-12-17-7-4-8-21-17/h3-9,14,16,18-19H,10-12H2,1-2H3/t14-,16?/m1/s1. The van der Waals surface area contributed by atoms with Crippen molar-refractivity contribution in [1.82, 2.24) is 5.32 Å². The maximum Gasteiger partial charge on any atom is 0.0898 e. The Morgan fingerprint density at radius 3 is 2.86 bits per heavy atom. The third kappa shape index (κ3) is 5.59. The van der Waals surface area contributed by atoms with Gasteiger partial charge in [-0.1, -0.05) is 35.9 Å². The van der Waals surface area contributed by atoms with E-state index in [1.54, 1.807) is 11.3 Å². The molecule has 0 saturated carbocycles. The molecule has 3 nitrogen and oxygen atoms in total. The van der Waals surface area contributed by atoms with Crippen molar-refractivity contribution in [2.75, 3.05) is 13.2 Å². The normalized spacial score (nSPS) is 14.0. The molecule has 114 valence electrons. The lowest BCUT2D eigenvalue weighted by molar-refractivity contribution is 0.0288. The highest BCUT2D eigenvalue weighted by molar-refractivity contribution is 7.09. The van der Waals surface area contributed by atoms with Gasteiger partial charge in [0.1, 0.15) is 0 Å². The fourth-order valence-electron chi connectivity index (χ4n) is 2.12. The van der Waals surface area contributed by atoms with Crippen LogP contribution in [-0.4, -0.2) is 24.4 Å². The van der Waals surface area contributed by atoms with E-state index >= 15 is 0 Å². The van der Waals surface area contributed by atoms with Crippen molar-refractivity contribution in [1.29, 1.82) is 0 Å². The molecule has 2 rings (SSSR count). The molecule has 0 amide bonds. The fourth-order valence-corrected chi connectivity index (χ4v) is 2.76. The van der Waals surface area contributed by atoms with Crippen LogP contribution in [-0.2, 0) is 11.3 Å². The molecule has 2 aromatic rings. The molecule has 1 aromatic carbocycles. The van der Waals surface area contributed by atoms with Crippen LogP contribution in [0, 0.1) is 6.92 Å². The summed E-state index contributed by atoms with van der Waals surface area (Å²) in [6.07, 6.45) is -0.489. The van der Waals surface area contributed by atoms with E-state index in [9.17, 15) is 5.11 Å². The number of hydrogen-bond acceptors (Lipinski definition) is 4. The van der Waals surface area contributed by atoms with Crippen LogP contribution >= 0.6 is 11.3 Å². The molecular weight excluding hydrogens is 282 g/mol. The topological polar surface area (TPSA) is 41.5 Å². The average Bonchev–Trinajstić information content (AvgIpc) is 2.98. The SMILES string of the molecule is Cc1cccc([C@@H](C)NCC(O)COCc2cccs2)c1. The number of nitrogens with one attached hydrogen (secondary N) is 1. The van der Waals surface area contributed by atoms with Gasteiger partial charge < -0.3 is 15.2 Å². The van der Waals surface area contributed by atoms with Crippen LogP contribution in [0.15, 0.2) is 41.8 Å². The summed E-state index contributed by atoms with van der Waals surface area (Å²) in [5.41, 5.74) is 2.49. The maximum absolute atomic E-state index is 9.94. The van der Waals surface area contributed by atoms with Crippen LogP contribution in [0.2, 0.25) is 0 Å². The van der Waals surface area contributed by atoms with Crippen LogP contribution in [0.5, 0.6) is 0 Å². The summed E-state index contributed by atoms with van der Waals surface area (Å²) < 4.78 is 5.52. The van der Waals surface area contributed by atoms with E-state index < -0.39 is 6.10 Å². The van der Waals surface area contributed by atoms with Crippen molar-refractivity contribution in [2.45, 2.75) is 32.6 Å². The summed E-state index contributed by atoms with van der Waals surface area (Å²) >= 11 is 1.67. The Bertz CT molecular complexity index is 527. The van der Waals surface area contributed by atoms with Crippen molar-refractivity contribution in [3.63, 3.8) is 0 Å². The molecule has 0 bridgehead atoms. The van der Waals surface area contributed by atoms with E-state index in [4.69, 9.17) is 4.74 Å². The first-order valence-electron chi connectivity index (χ1n) is 7.23. The molecule has 0 aliphatic heterocycles. The van der Waals surface area contributed by atoms with Crippen LogP contribution in [0.25, 0.3) is 0 Å². The van der Waals surface area contributed by atoms with Crippen LogP contribution in [0.1, 0.15) is 29.0 Å². The number of aliphatic hydroxyl groups is 1. The summed E-state index contributed by atoms with van der Waals surface area (Å²) in [5, 5.41) is 15.3. The van der Waals surface area contributed by atoms with Crippen molar-refractivity contribution in [3.8, 4) is 0 Å². The lowest BCUT2D eigenvalue weighted by Gasteiger charge is -2.18. The molecule has 2 N–H and O–H groups in total. The molecule has 0 saturated heterocycles. The number of rotatable bonds is 8. The van der Waals surface area contributed by atoms with Gasteiger partial charge in [0.25, 0.3) is 0 Å². The van der Waals surface area contributed by atoms with Crippen LogP contribution < -0.4 is 5.32 Å². The predicted octanol–water partition coefficient (Wildman–Crippen LogP) is 3.28. The summed E-state index contributed by atoms with van der Waals surface area (Å²) in [4.78, 5) is 1.18. The highest BCUT2D eigenvalue weighted by atomic mass is 32.1. The number of thiophene rings is 1. The van der Waals surface area contributed by atoms with Gasteiger partial charge >= 0.3 is 0 Å². The van der Waals surface area contributed by atoms with Crippen LogP contribution in [0.3, 0.4) is 0 Å². The molecule has 1 aromatic heterocycles. The van der Waals surface area contributed by atoms with Gasteiger partial charge in [-0.25, -0.2) is 0 Å². The van der Waals surface area contributed by atoms with Gasteiger partial charge in [-0.05, 0) is 30.9 Å². The Kier molecular flexibility index (Phi) is 6.39. The predicted molar refractivity (Wildman–Crippen MR) is 87.6 cm³/mol. The lowest BCUT2D eigenvalue weighted by atomic mass is 10.1. The largest absolute Gasteiger partial charge is 0.389 e. The molecule has 0 aliphatic carbocycles. The summed E-state index contributed by atoms with van der Waals surface area (Å²) in [6, 6.07) is 12.7. The molecule has 0 aliphatic rings. The first kappa shape index (κ1) is 16.2. The summed E-state index contributed by atoms with van der Waals surface area (Å²) in [7, 11) is 0. The Balaban J connectivity index is 1.67. The number of aryl methyl sites for hydroxylation is 1. The monoisotopic (exact) mass is 305 g/mol. The zero-order valence-corrected chi connectivity index (χ0v) is 13.4. The molecule has 2 atom stereocenters. The van der Waals surface area contributed by atoms with Gasteiger partial charge in [-0.15, -0.1) is 11.3 Å². The van der Waals surface area contributed by atoms with Gasteiger partial charge in [-0.2, -0.15) is 0 Å². The zero-order valence-electron chi connectivity index (χ0n) is 12.6. The van der Waals surface area contributed by atoms with E-state index in [1.165, 1.54) is 16.0 Å². The smallest absolute Gasteiger partial charge is 0.0898 e. The Hall–Kier alpha value is -1.20. The Morgan fingerprint density at radius 2 is 2.14 bits per heavy atom. The highest BCUT2D eigenvalue weighted by Gasteiger charge is 2.09. The minimum atomic E-state index is -0.489. The number of aliphatic hydroxyl groups excluding tert-OH is 1. The van der Waals surface area contributed by atoms with E-state index in [2.05, 4.69) is 43.4 Å². The average molecular weight is 305 g/mol.